The first-order valence-corrected chi connectivity index (χ1v) is 6.60. The zero-order valence-electron chi connectivity index (χ0n) is 11.6. The normalized spacial score (nSPS) is 16.8. The van der Waals surface area contributed by atoms with Crippen LogP contribution in [0.25, 0.3) is 0 Å². The van der Waals surface area contributed by atoms with Gasteiger partial charge in [-0.1, -0.05) is 24.3 Å². The second kappa shape index (κ2) is 6.25. The van der Waals surface area contributed by atoms with E-state index in [2.05, 4.69) is 10.6 Å². The Hall–Kier alpha value is -2.57. The summed E-state index contributed by atoms with van der Waals surface area (Å²) >= 11 is 0. The van der Waals surface area contributed by atoms with Crippen molar-refractivity contribution in [2.75, 3.05) is 20.1 Å². The molecule has 7 heteroatoms. The van der Waals surface area contributed by atoms with Gasteiger partial charge in [0, 0.05) is 13.6 Å². The van der Waals surface area contributed by atoms with Gasteiger partial charge in [-0.05, 0) is 17.5 Å². The summed E-state index contributed by atoms with van der Waals surface area (Å²) in [7, 11) is 1.46. The third-order valence-corrected chi connectivity index (χ3v) is 3.46. The van der Waals surface area contributed by atoms with Crippen molar-refractivity contribution in [1.29, 1.82) is 0 Å². The number of carboxylic acid groups (broad SMARTS) is 1. The number of hydrogen-bond acceptors (Lipinski definition) is 3. The van der Waals surface area contributed by atoms with Crippen LogP contribution < -0.4 is 10.6 Å². The highest BCUT2D eigenvalue weighted by molar-refractivity contribution is 5.87. The molecule has 1 aromatic carbocycles. The molecular weight excluding hydrogens is 274 g/mol. The van der Waals surface area contributed by atoms with Crippen molar-refractivity contribution in [2.24, 2.45) is 0 Å². The minimum absolute atomic E-state index is 0.181. The number of likely N-dealkylation sites (N-methyl/N-ethyl adjacent to an activating group) is 1. The van der Waals surface area contributed by atoms with Crippen molar-refractivity contribution >= 4 is 17.9 Å². The Morgan fingerprint density at radius 2 is 2.05 bits per heavy atom. The Kier molecular flexibility index (Phi) is 4.42. The quantitative estimate of drug-likeness (QED) is 0.737. The standard InChI is InChI=1S/C14H17N3O4/c1-15-11(18)8-16-14(21)17-7-6-9-4-2-3-5-10(9)12(17)13(19)20/h2-5,12H,6-8H2,1H3,(H,15,18)(H,16,21)(H,19,20). The molecule has 7 nitrogen and oxygen atoms in total. The summed E-state index contributed by atoms with van der Waals surface area (Å²) in [5.41, 5.74) is 1.55. The van der Waals surface area contributed by atoms with Crippen molar-refractivity contribution in [1.82, 2.24) is 15.5 Å². The van der Waals surface area contributed by atoms with Crippen LogP contribution in [-0.2, 0) is 16.0 Å². The predicted octanol–water partition coefficient (Wildman–Crippen LogP) is 0.126. The van der Waals surface area contributed by atoms with Crippen molar-refractivity contribution in [3.8, 4) is 0 Å². The van der Waals surface area contributed by atoms with Crippen LogP contribution in [-0.4, -0.2) is 48.1 Å². The molecule has 2 rings (SSSR count). The van der Waals surface area contributed by atoms with E-state index in [1.54, 1.807) is 12.1 Å². The van der Waals surface area contributed by atoms with Gasteiger partial charge in [-0.2, -0.15) is 0 Å². The summed E-state index contributed by atoms with van der Waals surface area (Å²) in [4.78, 5) is 36.0. The molecule has 0 radical (unpaired) electrons. The van der Waals surface area contributed by atoms with Gasteiger partial charge in [-0.15, -0.1) is 0 Å². The number of benzene rings is 1. The zero-order valence-corrected chi connectivity index (χ0v) is 11.6. The van der Waals surface area contributed by atoms with Crippen LogP contribution in [0.5, 0.6) is 0 Å². The SMILES string of the molecule is CNC(=O)CNC(=O)N1CCc2ccccc2C1C(=O)O. The van der Waals surface area contributed by atoms with Crippen LogP contribution in [0, 0.1) is 0 Å². The van der Waals surface area contributed by atoms with Crippen molar-refractivity contribution in [3.05, 3.63) is 35.4 Å². The molecule has 21 heavy (non-hydrogen) atoms. The maximum Gasteiger partial charge on any atom is 0.331 e. The fourth-order valence-electron chi connectivity index (χ4n) is 2.40. The highest BCUT2D eigenvalue weighted by Gasteiger charge is 2.35. The molecule has 0 aromatic heterocycles. The highest BCUT2D eigenvalue weighted by atomic mass is 16.4. The first-order chi connectivity index (χ1) is 10.0. The van der Waals surface area contributed by atoms with E-state index in [-0.39, 0.29) is 12.5 Å². The third-order valence-electron chi connectivity index (χ3n) is 3.46. The lowest BCUT2D eigenvalue weighted by Gasteiger charge is -2.34. The lowest BCUT2D eigenvalue weighted by Crippen LogP contribution is -2.49. The summed E-state index contributed by atoms with van der Waals surface area (Å²) < 4.78 is 0. The Morgan fingerprint density at radius 3 is 2.71 bits per heavy atom. The van der Waals surface area contributed by atoms with Gasteiger partial charge in [0.05, 0.1) is 6.54 Å². The van der Waals surface area contributed by atoms with E-state index in [4.69, 9.17) is 0 Å². The van der Waals surface area contributed by atoms with Gasteiger partial charge in [0.15, 0.2) is 6.04 Å². The topological polar surface area (TPSA) is 98.7 Å². The molecule has 1 unspecified atom stereocenters. The van der Waals surface area contributed by atoms with Gasteiger partial charge in [0.25, 0.3) is 0 Å². The predicted molar refractivity (Wildman–Crippen MR) is 74.7 cm³/mol. The molecule has 1 atom stereocenters. The van der Waals surface area contributed by atoms with Crippen molar-refractivity contribution < 1.29 is 19.5 Å². The summed E-state index contributed by atoms with van der Waals surface area (Å²) in [5.74, 6) is -1.43. The monoisotopic (exact) mass is 291 g/mol. The summed E-state index contributed by atoms with van der Waals surface area (Å²) in [5, 5.41) is 14.2. The first kappa shape index (κ1) is 14.8. The van der Waals surface area contributed by atoms with Crippen LogP contribution in [0.4, 0.5) is 4.79 Å². The fourth-order valence-corrected chi connectivity index (χ4v) is 2.40. The Balaban J connectivity index is 2.18. The fraction of sp³-hybridized carbons (Fsp3) is 0.357. The lowest BCUT2D eigenvalue weighted by atomic mass is 9.93. The number of carbonyl (C=O) groups is 3. The maximum absolute atomic E-state index is 12.1. The third kappa shape index (κ3) is 3.13. The number of nitrogens with one attached hydrogen (secondary N) is 2. The summed E-state index contributed by atoms with van der Waals surface area (Å²) in [6.45, 7) is 0.118. The average molecular weight is 291 g/mol. The molecule has 0 aliphatic carbocycles. The number of aliphatic carboxylic acids is 1. The van der Waals surface area contributed by atoms with Crippen molar-refractivity contribution in [3.63, 3.8) is 0 Å². The van der Waals surface area contributed by atoms with E-state index < -0.39 is 18.0 Å². The maximum atomic E-state index is 12.1. The zero-order chi connectivity index (χ0) is 15.4. The first-order valence-electron chi connectivity index (χ1n) is 6.60. The summed E-state index contributed by atoms with van der Waals surface area (Å²) in [6, 6.07) is 5.59. The summed E-state index contributed by atoms with van der Waals surface area (Å²) in [6.07, 6.45) is 0.591. The van der Waals surface area contributed by atoms with Gasteiger partial charge < -0.3 is 20.6 Å². The Labute approximate surface area is 121 Å². The molecule has 0 fully saturated rings. The highest BCUT2D eigenvalue weighted by Crippen LogP contribution is 2.29. The molecule has 3 amide bonds. The number of hydrogen-bond donors (Lipinski definition) is 3. The van der Waals surface area contributed by atoms with Gasteiger partial charge in [-0.3, -0.25) is 4.79 Å². The number of amides is 3. The van der Waals surface area contributed by atoms with Crippen LogP contribution in [0.2, 0.25) is 0 Å². The van der Waals surface area contributed by atoms with Gasteiger partial charge in [0.1, 0.15) is 0 Å². The Bertz CT molecular complexity index is 573. The minimum Gasteiger partial charge on any atom is -0.479 e. The molecule has 112 valence electrons. The number of carbonyl (C=O) groups excluding carboxylic acids is 2. The molecule has 0 spiro atoms. The number of fused-ring (bicyclic) bond motifs is 1. The lowest BCUT2D eigenvalue weighted by molar-refractivity contribution is -0.142. The smallest absolute Gasteiger partial charge is 0.331 e. The molecule has 3 N–H and O–H groups in total. The van der Waals surface area contributed by atoms with E-state index in [1.807, 2.05) is 12.1 Å². The van der Waals surface area contributed by atoms with Gasteiger partial charge in [0.2, 0.25) is 5.91 Å². The average Bonchev–Trinajstić information content (AvgIpc) is 2.50. The number of urea groups is 1. The van der Waals surface area contributed by atoms with Crippen LogP contribution in [0.15, 0.2) is 24.3 Å². The number of carboxylic acids is 1. The number of rotatable bonds is 3. The van der Waals surface area contributed by atoms with E-state index in [0.29, 0.717) is 18.5 Å². The van der Waals surface area contributed by atoms with E-state index >= 15 is 0 Å². The Morgan fingerprint density at radius 1 is 1.33 bits per heavy atom. The van der Waals surface area contributed by atoms with E-state index in [1.165, 1.54) is 11.9 Å². The minimum atomic E-state index is -1.09. The molecule has 1 aromatic rings. The largest absolute Gasteiger partial charge is 0.479 e. The molecular formula is C14H17N3O4. The second-order valence-electron chi connectivity index (χ2n) is 4.71. The van der Waals surface area contributed by atoms with Crippen LogP contribution >= 0.6 is 0 Å². The molecule has 1 heterocycles. The molecule has 0 saturated heterocycles. The van der Waals surface area contributed by atoms with Crippen molar-refractivity contribution in [2.45, 2.75) is 12.5 Å². The van der Waals surface area contributed by atoms with Crippen LogP contribution in [0.1, 0.15) is 17.2 Å². The second-order valence-corrected chi connectivity index (χ2v) is 4.71. The molecule has 0 saturated carbocycles. The molecule has 1 aliphatic rings. The van der Waals surface area contributed by atoms with E-state index in [9.17, 15) is 19.5 Å². The van der Waals surface area contributed by atoms with Gasteiger partial charge in [-0.25, -0.2) is 9.59 Å². The number of nitrogens with zero attached hydrogens (tertiary/aromatic N) is 1. The molecule has 1 aliphatic heterocycles. The van der Waals surface area contributed by atoms with Gasteiger partial charge >= 0.3 is 12.0 Å². The van der Waals surface area contributed by atoms with Crippen LogP contribution in [0.3, 0.4) is 0 Å². The molecule has 0 bridgehead atoms. The van der Waals surface area contributed by atoms with E-state index in [0.717, 1.165) is 5.56 Å².